The second kappa shape index (κ2) is 13.6. The Bertz CT molecular complexity index is 272. The highest BCUT2D eigenvalue weighted by molar-refractivity contribution is 14.0. The van der Waals surface area contributed by atoms with Crippen LogP contribution in [0.1, 0.15) is 33.1 Å². The summed E-state index contributed by atoms with van der Waals surface area (Å²) in [6.07, 6.45) is 3.68. The molecule has 21 heavy (non-hydrogen) atoms. The van der Waals surface area contributed by atoms with Gasteiger partial charge in [0.05, 0.1) is 6.61 Å². The van der Waals surface area contributed by atoms with E-state index in [0.717, 1.165) is 57.8 Å². The Labute approximate surface area is 146 Å². The highest BCUT2D eigenvalue weighted by Gasteiger charge is 2.20. The first-order chi connectivity index (χ1) is 9.72. The van der Waals surface area contributed by atoms with Crippen molar-refractivity contribution in [1.82, 2.24) is 10.6 Å². The molecule has 0 unspecified atom stereocenters. The van der Waals surface area contributed by atoms with Crippen LogP contribution in [0.3, 0.4) is 0 Å². The third-order valence-electron chi connectivity index (χ3n) is 3.02. The first kappa shape index (κ1) is 20.9. The second-order valence-corrected chi connectivity index (χ2v) is 5.77. The molecule has 6 heteroatoms. The lowest BCUT2D eigenvalue weighted by Crippen LogP contribution is -2.39. The topological polar surface area (TPSA) is 54.9 Å². The third kappa shape index (κ3) is 13.3. The average molecular weight is 413 g/mol. The molecule has 1 fully saturated rings. The van der Waals surface area contributed by atoms with Gasteiger partial charge in [-0.2, -0.15) is 0 Å². The summed E-state index contributed by atoms with van der Waals surface area (Å²) in [5.41, 5.74) is 0. The van der Waals surface area contributed by atoms with Crippen molar-refractivity contribution in [2.45, 2.75) is 33.1 Å². The van der Waals surface area contributed by atoms with Crippen molar-refractivity contribution >= 4 is 29.9 Å². The summed E-state index contributed by atoms with van der Waals surface area (Å²) in [6.45, 7) is 9.30. The van der Waals surface area contributed by atoms with Crippen LogP contribution in [0.15, 0.2) is 4.99 Å². The summed E-state index contributed by atoms with van der Waals surface area (Å²) in [7, 11) is 1.79. The number of hydrogen-bond donors (Lipinski definition) is 2. The fourth-order valence-electron chi connectivity index (χ4n) is 1.70. The van der Waals surface area contributed by atoms with Crippen LogP contribution in [0, 0.1) is 11.8 Å². The van der Waals surface area contributed by atoms with E-state index in [-0.39, 0.29) is 24.0 Å². The molecule has 0 atom stereocenters. The molecule has 5 nitrogen and oxygen atoms in total. The van der Waals surface area contributed by atoms with Gasteiger partial charge in [-0.25, -0.2) is 0 Å². The van der Waals surface area contributed by atoms with Crippen LogP contribution in [0.2, 0.25) is 0 Å². The molecule has 0 spiro atoms. The van der Waals surface area contributed by atoms with E-state index in [0.29, 0.717) is 5.92 Å². The SMILES string of the molecule is CN=C(NCCCOCC(C)C)NCCOCC1CC1.I. The van der Waals surface area contributed by atoms with Crippen molar-refractivity contribution in [1.29, 1.82) is 0 Å². The van der Waals surface area contributed by atoms with Gasteiger partial charge in [-0.3, -0.25) is 4.99 Å². The molecule has 126 valence electrons. The molecule has 0 aromatic carbocycles. The van der Waals surface area contributed by atoms with E-state index in [1.54, 1.807) is 7.05 Å². The fraction of sp³-hybridized carbons (Fsp3) is 0.933. The minimum Gasteiger partial charge on any atom is -0.381 e. The van der Waals surface area contributed by atoms with Crippen molar-refractivity contribution in [2.75, 3.05) is 46.6 Å². The van der Waals surface area contributed by atoms with E-state index in [1.165, 1.54) is 12.8 Å². The molecule has 0 bridgehead atoms. The zero-order chi connectivity index (χ0) is 14.6. The van der Waals surface area contributed by atoms with Gasteiger partial charge in [-0.1, -0.05) is 13.8 Å². The zero-order valence-corrected chi connectivity index (χ0v) is 16.0. The largest absolute Gasteiger partial charge is 0.381 e. The molecular weight excluding hydrogens is 381 g/mol. The van der Waals surface area contributed by atoms with Gasteiger partial charge in [-0.05, 0) is 31.1 Å². The fourth-order valence-corrected chi connectivity index (χ4v) is 1.70. The highest BCUT2D eigenvalue weighted by atomic mass is 127. The Morgan fingerprint density at radius 1 is 1.14 bits per heavy atom. The number of aliphatic imine (C=N–C) groups is 1. The van der Waals surface area contributed by atoms with Crippen LogP contribution < -0.4 is 10.6 Å². The quantitative estimate of drug-likeness (QED) is 0.236. The Morgan fingerprint density at radius 3 is 2.48 bits per heavy atom. The number of hydrogen-bond acceptors (Lipinski definition) is 3. The number of nitrogens with zero attached hydrogens (tertiary/aromatic N) is 1. The number of nitrogens with one attached hydrogen (secondary N) is 2. The van der Waals surface area contributed by atoms with E-state index < -0.39 is 0 Å². The normalized spacial score (nSPS) is 15.0. The van der Waals surface area contributed by atoms with Crippen LogP contribution in [0.25, 0.3) is 0 Å². The Kier molecular flexibility index (Phi) is 13.5. The molecule has 1 saturated carbocycles. The molecule has 0 amide bonds. The van der Waals surface area contributed by atoms with Crippen LogP contribution in [-0.4, -0.2) is 52.5 Å². The molecule has 1 aliphatic carbocycles. The van der Waals surface area contributed by atoms with Crippen molar-refractivity contribution in [3.8, 4) is 0 Å². The van der Waals surface area contributed by atoms with E-state index in [4.69, 9.17) is 9.47 Å². The maximum Gasteiger partial charge on any atom is 0.191 e. The Morgan fingerprint density at radius 2 is 1.86 bits per heavy atom. The lowest BCUT2D eigenvalue weighted by atomic mass is 10.2. The third-order valence-corrected chi connectivity index (χ3v) is 3.02. The van der Waals surface area contributed by atoms with Gasteiger partial charge in [-0.15, -0.1) is 24.0 Å². The summed E-state index contributed by atoms with van der Waals surface area (Å²) in [4.78, 5) is 4.18. The standard InChI is InChI=1S/C15H31N3O2.HI/c1-13(2)11-19-9-4-7-17-15(16-3)18-8-10-20-12-14-5-6-14;/h13-14H,4-12H2,1-3H3,(H2,16,17,18);1H. The van der Waals surface area contributed by atoms with Crippen LogP contribution in [0.4, 0.5) is 0 Å². The maximum atomic E-state index is 5.57. The van der Waals surface area contributed by atoms with Gasteiger partial charge in [0.15, 0.2) is 5.96 Å². The molecule has 0 aliphatic heterocycles. The van der Waals surface area contributed by atoms with E-state index in [2.05, 4.69) is 29.5 Å². The first-order valence-corrected chi connectivity index (χ1v) is 7.82. The maximum absolute atomic E-state index is 5.57. The molecule has 2 N–H and O–H groups in total. The molecule has 0 radical (unpaired) electrons. The Balaban J connectivity index is 0.00000400. The molecular formula is C15H32IN3O2. The van der Waals surface area contributed by atoms with Gasteiger partial charge in [0.1, 0.15) is 0 Å². The predicted octanol–water partition coefficient (Wildman–Crippen LogP) is 2.26. The van der Waals surface area contributed by atoms with Gasteiger partial charge in [0.2, 0.25) is 0 Å². The first-order valence-electron chi connectivity index (χ1n) is 7.82. The van der Waals surface area contributed by atoms with Gasteiger partial charge in [0.25, 0.3) is 0 Å². The van der Waals surface area contributed by atoms with Gasteiger partial charge >= 0.3 is 0 Å². The lowest BCUT2D eigenvalue weighted by molar-refractivity contribution is 0.108. The van der Waals surface area contributed by atoms with Gasteiger partial charge in [0, 0.05) is 40.0 Å². The van der Waals surface area contributed by atoms with E-state index >= 15 is 0 Å². The Hall–Kier alpha value is -0.0800. The summed E-state index contributed by atoms with van der Waals surface area (Å²) < 4.78 is 11.1. The summed E-state index contributed by atoms with van der Waals surface area (Å²) in [6, 6.07) is 0. The summed E-state index contributed by atoms with van der Waals surface area (Å²) in [5, 5.41) is 6.52. The van der Waals surface area contributed by atoms with E-state index in [1.807, 2.05) is 0 Å². The zero-order valence-electron chi connectivity index (χ0n) is 13.7. The molecule has 0 aromatic rings. The van der Waals surface area contributed by atoms with Crippen LogP contribution >= 0.6 is 24.0 Å². The van der Waals surface area contributed by atoms with Crippen molar-refractivity contribution in [3.63, 3.8) is 0 Å². The predicted molar refractivity (Wildman–Crippen MR) is 98.6 cm³/mol. The molecule has 1 rings (SSSR count). The molecule has 0 saturated heterocycles. The van der Waals surface area contributed by atoms with Crippen molar-refractivity contribution in [2.24, 2.45) is 16.8 Å². The van der Waals surface area contributed by atoms with Crippen LogP contribution in [0.5, 0.6) is 0 Å². The second-order valence-electron chi connectivity index (χ2n) is 5.77. The minimum absolute atomic E-state index is 0. The smallest absolute Gasteiger partial charge is 0.191 e. The number of guanidine groups is 1. The number of ether oxygens (including phenoxy) is 2. The van der Waals surface area contributed by atoms with Crippen molar-refractivity contribution in [3.05, 3.63) is 0 Å². The summed E-state index contributed by atoms with van der Waals surface area (Å²) in [5.74, 6) is 2.27. The number of halogens is 1. The van der Waals surface area contributed by atoms with Gasteiger partial charge < -0.3 is 20.1 Å². The van der Waals surface area contributed by atoms with Crippen molar-refractivity contribution < 1.29 is 9.47 Å². The number of rotatable bonds is 11. The molecule has 0 aromatic heterocycles. The highest BCUT2D eigenvalue weighted by Crippen LogP contribution is 2.28. The minimum atomic E-state index is 0. The monoisotopic (exact) mass is 413 g/mol. The van der Waals surface area contributed by atoms with E-state index in [9.17, 15) is 0 Å². The molecule has 1 aliphatic rings. The molecule has 0 heterocycles. The average Bonchev–Trinajstić information content (AvgIpc) is 3.23. The van der Waals surface area contributed by atoms with Crippen LogP contribution in [-0.2, 0) is 9.47 Å². The lowest BCUT2D eigenvalue weighted by Gasteiger charge is -2.12. The summed E-state index contributed by atoms with van der Waals surface area (Å²) >= 11 is 0.